The number of sulfonamides is 1. The van der Waals surface area contributed by atoms with Crippen LogP contribution in [-0.2, 0) is 16.6 Å². The third-order valence-electron chi connectivity index (χ3n) is 2.78. The van der Waals surface area contributed by atoms with Crippen molar-refractivity contribution in [1.82, 2.24) is 4.31 Å². The van der Waals surface area contributed by atoms with Gasteiger partial charge in [-0.25, -0.2) is 8.42 Å². The maximum atomic E-state index is 12.7. The zero-order chi connectivity index (χ0) is 15.5. The zero-order valence-electron chi connectivity index (χ0n) is 10.8. The first-order valence-electron chi connectivity index (χ1n) is 6.00. The molecule has 3 nitrogen and oxygen atoms in total. The molecule has 0 radical (unpaired) electrons. The van der Waals surface area contributed by atoms with Gasteiger partial charge in [-0.15, -0.1) is 22.9 Å². The molecule has 1 heterocycles. The number of thiophene rings is 1. The van der Waals surface area contributed by atoms with Gasteiger partial charge < -0.3 is 0 Å². The minimum absolute atomic E-state index is 0.0280. The van der Waals surface area contributed by atoms with E-state index in [0.29, 0.717) is 4.34 Å². The number of halogens is 3. The molecule has 0 unspecified atom stereocenters. The van der Waals surface area contributed by atoms with Gasteiger partial charge in [0.05, 0.1) is 4.34 Å². The predicted molar refractivity (Wildman–Crippen MR) is 89.1 cm³/mol. The molecule has 1 aromatic carbocycles. The molecular formula is C13H12Cl3NO2S2. The van der Waals surface area contributed by atoms with Crippen molar-refractivity contribution in [2.45, 2.75) is 11.4 Å². The molecule has 0 saturated carbocycles. The summed E-state index contributed by atoms with van der Waals surface area (Å²) in [4.78, 5) is 0.0280. The lowest BCUT2D eigenvalue weighted by Gasteiger charge is -2.21. The van der Waals surface area contributed by atoms with Gasteiger partial charge in [0.15, 0.2) is 0 Å². The van der Waals surface area contributed by atoms with Crippen LogP contribution in [0.2, 0.25) is 8.67 Å². The highest BCUT2D eigenvalue weighted by atomic mass is 35.5. The third-order valence-corrected chi connectivity index (χ3v) is 6.55. The van der Waals surface area contributed by atoms with Crippen LogP contribution in [0.4, 0.5) is 0 Å². The van der Waals surface area contributed by atoms with Crippen molar-refractivity contribution >= 4 is 56.2 Å². The number of hydrogen-bond donors (Lipinski definition) is 0. The summed E-state index contributed by atoms with van der Waals surface area (Å²) in [6.07, 6.45) is 0. The highest BCUT2D eigenvalue weighted by Crippen LogP contribution is 2.36. The van der Waals surface area contributed by atoms with E-state index in [1.54, 1.807) is 0 Å². The number of hydrogen-bond acceptors (Lipinski definition) is 3. The Labute approximate surface area is 143 Å². The van der Waals surface area contributed by atoms with Crippen LogP contribution in [0.5, 0.6) is 0 Å². The highest BCUT2D eigenvalue weighted by molar-refractivity contribution is 7.89. The Morgan fingerprint density at radius 1 is 1.14 bits per heavy atom. The number of alkyl halides is 1. The second-order valence-electron chi connectivity index (χ2n) is 4.20. The summed E-state index contributed by atoms with van der Waals surface area (Å²) in [6.45, 7) is 0.433. The molecule has 1 aromatic heterocycles. The van der Waals surface area contributed by atoms with E-state index in [4.69, 9.17) is 34.8 Å². The van der Waals surface area contributed by atoms with E-state index in [1.165, 1.54) is 10.4 Å². The fraction of sp³-hybridized carbons (Fsp3) is 0.231. The molecule has 114 valence electrons. The Morgan fingerprint density at radius 2 is 1.81 bits per heavy atom. The molecule has 0 N–H and O–H groups in total. The lowest BCUT2D eigenvalue weighted by molar-refractivity contribution is 0.425. The van der Waals surface area contributed by atoms with E-state index in [0.717, 1.165) is 16.9 Å². The molecule has 0 aliphatic rings. The average molecular weight is 385 g/mol. The molecule has 21 heavy (non-hydrogen) atoms. The van der Waals surface area contributed by atoms with E-state index >= 15 is 0 Å². The van der Waals surface area contributed by atoms with Crippen molar-refractivity contribution in [3.63, 3.8) is 0 Å². The Balaban J connectivity index is 2.35. The summed E-state index contributed by atoms with van der Waals surface area (Å²) in [5, 5.41) is 0. The first kappa shape index (κ1) is 17.1. The Hall–Kier alpha value is -0.300. The fourth-order valence-corrected chi connectivity index (χ4v) is 5.65. The van der Waals surface area contributed by atoms with Gasteiger partial charge in [0, 0.05) is 19.0 Å². The Morgan fingerprint density at radius 3 is 2.33 bits per heavy atom. The van der Waals surface area contributed by atoms with Crippen molar-refractivity contribution < 1.29 is 8.42 Å². The van der Waals surface area contributed by atoms with Gasteiger partial charge in [-0.2, -0.15) is 4.31 Å². The third kappa shape index (κ3) is 4.12. The van der Waals surface area contributed by atoms with Crippen molar-refractivity contribution in [3.05, 3.63) is 50.6 Å². The normalized spacial score (nSPS) is 12.0. The molecule has 0 saturated heterocycles. The van der Waals surface area contributed by atoms with Crippen LogP contribution in [-0.4, -0.2) is 25.1 Å². The van der Waals surface area contributed by atoms with E-state index in [2.05, 4.69) is 0 Å². The van der Waals surface area contributed by atoms with E-state index in [-0.39, 0.29) is 28.2 Å². The van der Waals surface area contributed by atoms with Crippen LogP contribution in [0.1, 0.15) is 5.56 Å². The van der Waals surface area contributed by atoms with Crippen LogP contribution in [0.25, 0.3) is 0 Å². The first-order chi connectivity index (χ1) is 9.95. The Bertz CT molecular complexity index is 701. The predicted octanol–water partition coefficient (Wildman–Crippen LogP) is 4.48. The van der Waals surface area contributed by atoms with E-state index in [9.17, 15) is 8.42 Å². The van der Waals surface area contributed by atoms with E-state index < -0.39 is 10.0 Å². The van der Waals surface area contributed by atoms with Gasteiger partial charge in [0.25, 0.3) is 0 Å². The van der Waals surface area contributed by atoms with Crippen molar-refractivity contribution in [2.75, 3.05) is 12.4 Å². The highest BCUT2D eigenvalue weighted by Gasteiger charge is 2.28. The van der Waals surface area contributed by atoms with E-state index in [1.807, 2.05) is 30.3 Å². The van der Waals surface area contributed by atoms with Gasteiger partial charge in [0.1, 0.15) is 9.23 Å². The molecular weight excluding hydrogens is 373 g/mol. The van der Waals surface area contributed by atoms with Gasteiger partial charge in [-0.3, -0.25) is 0 Å². The quantitative estimate of drug-likeness (QED) is 0.688. The number of benzene rings is 1. The summed E-state index contributed by atoms with van der Waals surface area (Å²) in [6, 6.07) is 10.7. The van der Waals surface area contributed by atoms with Gasteiger partial charge in [-0.1, -0.05) is 53.5 Å². The zero-order valence-corrected chi connectivity index (χ0v) is 14.7. The molecule has 0 fully saturated rings. The fourth-order valence-electron chi connectivity index (χ4n) is 1.81. The molecule has 0 atom stereocenters. The van der Waals surface area contributed by atoms with Crippen molar-refractivity contribution in [3.8, 4) is 0 Å². The molecule has 0 aliphatic carbocycles. The van der Waals surface area contributed by atoms with Crippen LogP contribution in [0.15, 0.2) is 41.3 Å². The van der Waals surface area contributed by atoms with Crippen LogP contribution in [0, 0.1) is 0 Å². The number of rotatable bonds is 6. The van der Waals surface area contributed by atoms with Gasteiger partial charge in [0.2, 0.25) is 10.0 Å². The van der Waals surface area contributed by atoms with Crippen molar-refractivity contribution in [2.24, 2.45) is 0 Å². The Kier molecular flexibility index (Phi) is 5.94. The van der Waals surface area contributed by atoms with Crippen LogP contribution < -0.4 is 0 Å². The largest absolute Gasteiger partial charge is 0.245 e. The second kappa shape index (κ2) is 7.31. The lowest BCUT2D eigenvalue weighted by Crippen LogP contribution is -2.32. The topological polar surface area (TPSA) is 37.4 Å². The average Bonchev–Trinajstić information content (AvgIpc) is 2.79. The molecule has 2 aromatic rings. The first-order valence-corrected chi connectivity index (χ1v) is 9.54. The summed E-state index contributed by atoms with van der Waals surface area (Å²) < 4.78 is 27.2. The van der Waals surface area contributed by atoms with Gasteiger partial charge >= 0.3 is 0 Å². The smallest absolute Gasteiger partial charge is 0.207 e. The van der Waals surface area contributed by atoms with Gasteiger partial charge in [-0.05, 0) is 11.6 Å². The summed E-state index contributed by atoms with van der Waals surface area (Å²) >= 11 is 18.6. The maximum absolute atomic E-state index is 12.7. The molecule has 0 amide bonds. The standard InChI is InChI=1S/C13H12Cl3NO2S2/c14-6-7-17(9-10-4-2-1-3-5-10)21(18,19)11-8-12(15)20-13(11)16/h1-5,8H,6-7,9H2. The monoisotopic (exact) mass is 383 g/mol. The van der Waals surface area contributed by atoms with Crippen molar-refractivity contribution in [1.29, 1.82) is 0 Å². The molecule has 0 spiro atoms. The maximum Gasteiger partial charge on any atom is 0.245 e. The lowest BCUT2D eigenvalue weighted by atomic mass is 10.2. The molecule has 0 bridgehead atoms. The summed E-state index contributed by atoms with van der Waals surface area (Å²) in [5.74, 6) is 0.196. The van der Waals surface area contributed by atoms with Crippen LogP contribution >= 0.6 is 46.1 Å². The molecule has 0 aliphatic heterocycles. The minimum Gasteiger partial charge on any atom is -0.207 e. The SMILES string of the molecule is O=S(=O)(c1cc(Cl)sc1Cl)N(CCCl)Cc1ccccc1. The summed E-state index contributed by atoms with van der Waals surface area (Å²) in [7, 11) is -3.73. The molecule has 2 rings (SSSR count). The number of nitrogens with zero attached hydrogens (tertiary/aromatic N) is 1. The van der Waals surface area contributed by atoms with Crippen LogP contribution in [0.3, 0.4) is 0 Å². The second-order valence-corrected chi connectivity index (χ2v) is 8.77. The molecule has 8 heteroatoms. The minimum atomic E-state index is -3.73. The summed E-state index contributed by atoms with van der Waals surface area (Å²) in [5.41, 5.74) is 0.878.